The van der Waals surface area contributed by atoms with Crippen LogP contribution >= 0.6 is 7.82 Å². The number of hydrogen-bond donors (Lipinski definition) is 2. The van der Waals surface area contributed by atoms with Crippen molar-refractivity contribution in [3.63, 3.8) is 0 Å². The van der Waals surface area contributed by atoms with Crippen molar-refractivity contribution < 1.29 is 32.9 Å². The Morgan fingerprint density at radius 1 is 0.514 bits per heavy atom. The summed E-state index contributed by atoms with van der Waals surface area (Å²) in [6.07, 6.45) is 83.3. The first-order chi connectivity index (χ1) is 35.0. The first-order valence-corrected chi connectivity index (χ1v) is 28.9. The zero-order valence-corrected chi connectivity index (χ0v) is 46.7. The summed E-state index contributed by atoms with van der Waals surface area (Å²) in [5.74, 6) is -0.235. The number of allylic oxidation sites excluding steroid dienone is 27. The quantitative estimate of drug-likeness (QED) is 0.0272. The highest BCUT2D eigenvalue weighted by atomic mass is 31.2. The normalized spacial score (nSPS) is 15.3. The van der Waals surface area contributed by atoms with E-state index in [1.54, 1.807) is 6.08 Å². The standard InChI is InChI=1S/C63H101N2O6P/c1-6-8-10-12-14-16-17-18-19-20-21-22-23-24-25-26-27-28-29-30-31-32-33-34-35-36-37-38-39-40-41-42-43-44-45-46-47-49-51-53-55-57-63(67)64-61(60-71-72(68,69)70-59-58-65(3,4)5)62(66)56-54-52-50-48-15-13-11-9-7-2/h7-10,14-16,18-19,21-22,24-25,27-28,30-31,33-34,36-37,39-40,42-43,48,54,56,61-62,66H,6,11-13,17,20,23,26,29,32,35,38,41,44-47,49-53,55,57-60H2,1-5H3,(H-,64,67,68,69)/b9-7+,10-8-,16-14-,19-18-,22-21-,25-24-,28-27-,31-30-,34-33-,37-36-,40-39-,43-42-,48-15+,56-54+. The van der Waals surface area contributed by atoms with E-state index in [-0.39, 0.29) is 12.5 Å². The van der Waals surface area contributed by atoms with E-state index in [2.05, 4.69) is 164 Å². The van der Waals surface area contributed by atoms with E-state index in [0.29, 0.717) is 23.9 Å². The molecule has 0 saturated carbocycles. The number of nitrogens with zero attached hydrogens (tertiary/aromatic N) is 1. The fraction of sp³-hybridized carbons (Fsp3) is 0.540. The van der Waals surface area contributed by atoms with Crippen LogP contribution < -0.4 is 10.2 Å². The number of carbonyl (C=O) groups is 1. The van der Waals surface area contributed by atoms with Crippen LogP contribution in [0.1, 0.15) is 168 Å². The van der Waals surface area contributed by atoms with Gasteiger partial charge in [-0.2, -0.15) is 0 Å². The molecule has 0 aliphatic heterocycles. The number of amides is 1. The molecule has 0 aromatic rings. The molecule has 3 atom stereocenters. The zero-order valence-electron chi connectivity index (χ0n) is 45.8. The van der Waals surface area contributed by atoms with Crippen LogP contribution in [0.4, 0.5) is 0 Å². The summed E-state index contributed by atoms with van der Waals surface area (Å²) >= 11 is 0. The molecule has 0 heterocycles. The van der Waals surface area contributed by atoms with E-state index in [4.69, 9.17) is 9.05 Å². The SMILES string of the molecule is C/C=C/CC/C=C/CC/C=C/C(O)C(COP(=O)([O-])OCC[N+](C)(C)C)NC(=O)CCCCCCCCC/C=C\C/C=C\C/C=C\C/C=C\C/C=C\C/C=C\C/C=C\C/C=C\C/C=C\C/C=C\C/C=C\CC. The summed E-state index contributed by atoms with van der Waals surface area (Å²) < 4.78 is 23.1. The molecule has 0 radical (unpaired) electrons. The number of phosphoric ester groups is 1. The largest absolute Gasteiger partial charge is 0.756 e. The Morgan fingerprint density at radius 2 is 0.875 bits per heavy atom. The van der Waals surface area contributed by atoms with Crippen LogP contribution in [0.15, 0.2) is 170 Å². The summed E-state index contributed by atoms with van der Waals surface area (Å²) in [7, 11) is 1.19. The van der Waals surface area contributed by atoms with E-state index >= 15 is 0 Å². The average Bonchev–Trinajstić information content (AvgIpc) is 3.34. The molecule has 72 heavy (non-hydrogen) atoms. The minimum Gasteiger partial charge on any atom is -0.756 e. The molecule has 3 unspecified atom stereocenters. The molecule has 0 aromatic heterocycles. The lowest BCUT2D eigenvalue weighted by Gasteiger charge is -2.29. The summed E-state index contributed by atoms with van der Waals surface area (Å²) in [5, 5.41) is 13.7. The maximum absolute atomic E-state index is 12.9. The van der Waals surface area contributed by atoms with Crippen molar-refractivity contribution in [2.75, 3.05) is 40.9 Å². The van der Waals surface area contributed by atoms with Crippen molar-refractivity contribution >= 4 is 13.7 Å². The molecule has 0 bridgehead atoms. The Labute approximate surface area is 441 Å². The van der Waals surface area contributed by atoms with Crippen LogP contribution in [-0.2, 0) is 18.4 Å². The minimum absolute atomic E-state index is 0.0210. The lowest BCUT2D eigenvalue weighted by atomic mass is 10.1. The Kier molecular flexibility index (Phi) is 48.8. The highest BCUT2D eigenvalue weighted by Gasteiger charge is 2.23. The Balaban J connectivity index is 4.10. The third-order valence-corrected chi connectivity index (χ3v) is 11.9. The van der Waals surface area contributed by atoms with Crippen LogP contribution in [0.2, 0.25) is 0 Å². The van der Waals surface area contributed by atoms with E-state index in [9.17, 15) is 19.4 Å². The van der Waals surface area contributed by atoms with Gasteiger partial charge in [0.1, 0.15) is 13.2 Å². The molecular formula is C63H101N2O6P. The third-order valence-electron chi connectivity index (χ3n) is 11.0. The van der Waals surface area contributed by atoms with Crippen LogP contribution in [0.3, 0.4) is 0 Å². The number of unbranched alkanes of at least 4 members (excludes halogenated alkanes) is 9. The van der Waals surface area contributed by atoms with E-state index in [0.717, 1.165) is 122 Å². The molecule has 8 nitrogen and oxygen atoms in total. The van der Waals surface area contributed by atoms with Gasteiger partial charge in [0.05, 0.1) is 39.9 Å². The topological polar surface area (TPSA) is 108 Å². The number of nitrogens with one attached hydrogen (secondary N) is 1. The molecule has 0 aliphatic rings. The molecule has 0 fully saturated rings. The lowest BCUT2D eigenvalue weighted by Crippen LogP contribution is -2.45. The Hall–Kier alpha value is -4.14. The van der Waals surface area contributed by atoms with Gasteiger partial charge in [-0.3, -0.25) is 9.36 Å². The zero-order chi connectivity index (χ0) is 52.7. The number of likely N-dealkylation sites (N-methyl/N-ethyl adjacent to an activating group) is 1. The number of quaternary nitrogens is 1. The second-order valence-electron chi connectivity index (χ2n) is 18.8. The maximum atomic E-state index is 12.9. The summed E-state index contributed by atoms with van der Waals surface area (Å²) in [4.78, 5) is 25.3. The second-order valence-corrected chi connectivity index (χ2v) is 20.3. The summed E-state index contributed by atoms with van der Waals surface area (Å²) in [6.45, 7) is 4.21. The number of phosphoric acid groups is 1. The van der Waals surface area contributed by atoms with Gasteiger partial charge in [0, 0.05) is 6.42 Å². The highest BCUT2D eigenvalue weighted by molar-refractivity contribution is 7.45. The first-order valence-electron chi connectivity index (χ1n) is 27.5. The van der Waals surface area contributed by atoms with Crippen molar-refractivity contribution in [2.24, 2.45) is 0 Å². The first kappa shape index (κ1) is 67.9. The second kappa shape index (κ2) is 51.7. The number of hydrogen-bond acceptors (Lipinski definition) is 6. The van der Waals surface area contributed by atoms with Gasteiger partial charge in [0.15, 0.2) is 0 Å². The lowest BCUT2D eigenvalue weighted by molar-refractivity contribution is -0.870. The number of rotatable bonds is 47. The number of aliphatic hydroxyl groups excluding tert-OH is 1. The Bertz CT molecular complexity index is 1770. The van der Waals surface area contributed by atoms with Gasteiger partial charge in [-0.1, -0.05) is 209 Å². The molecule has 0 aromatic carbocycles. The molecule has 0 spiro atoms. The third kappa shape index (κ3) is 53.7. The van der Waals surface area contributed by atoms with Crippen molar-refractivity contribution in [1.82, 2.24) is 5.32 Å². The molecule has 404 valence electrons. The fourth-order valence-electron chi connectivity index (χ4n) is 6.72. The van der Waals surface area contributed by atoms with Gasteiger partial charge in [-0.25, -0.2) is 0 Å². The van der Waals surface area contributed by atoms with Crippen molar-refractivity contribution in [3.05, 3.63) is 170 Å². The predicted molar refractivity (Wildman–Crippen MR) is 310 cm³/mol. The fourth-order valence-corrected chi connectivity index (χ4v) is 7.45. The smallest absolute Gasteiger partial charge is 0.268 e. The molecule has 9 heteroatoms. The van der Waals surface area contributed by atoms with Crippen LogP contribution in [0.25, 0.3) is 0 Å². The monoisotopic (exact) mass is 1010 g/mol. The summed E-state index contributed by atoms with van der Waals surface area (Å²) in [5.41, 5.74) is 0. The van der Waals surface area contributed by atoms with Gasteiger partial charge >= 0.3 is 0 Å². The van der Waals surface area contributed by atoms with Crippen molar-refractivity contribution in [2.45, 2.75) is 180 Å². The van der Waals surface area contributed by atoms with Crippen LogP contribution in [0, 0.1) is 0 Å². The van der Waals surface area contributed by atoms with Crippen molar-refractivity contribution in [1.29, 1.82) is 0 Å². The van der Waals surface area contributed by atoms with Gasteiger partial charge in [-0.05, 0) is 122 Å². The predicted octanol–water partition coefficient (Wildman–Crippen LogP) is 16.2. The van der Waals surface area contributed by atoms with Crippen LogP contribution in [-0.4, -0.2) is 68.5 Å². The van der Waals surface area contributed by atoms with E-state index < -0.39 is 26.6 Å². The number of carbonyl (C=O) groups excluding carboxylic acids is 1. The van der Waals surface area contributed by atoms with Gasteiger partial charge in [0.2, 0.25) is 5.91 Å². The molecule has 2 N–H and O–H groups in total. The van der Waals surface area contributed by atoms with Crippen molar-refractivity contribution in [3.8, 4) is 0 Å². The number of aliphatic hydroxyl groups is 1. The highest BCUT2D eigenvalue weighted by Crippen LogP contribution is 2.38. The van der Waals surface area contributed by atoms with Crippen LogP contribution in [0.5, 0.6) is 0 Å². The van der Waals surface area contributed by atoms with E-state index in [1.165, 1.54) is 19.3 Å². The molecular weight excluding hydrogens is 912 g/mol. The maximum Gasteiger partial charge on any atom is 0.268 e. The Morgan fingerprint density at radius 3 is 1.29 bits per heavy atom. The summed E-state index contributed by atoms with van der Waals surface area (Å²) in [6, 6.07) is -0.926. The molecule has 0 rings (SSSR count). The molecule has 0 saturated heterocycles. The average molecular weight is 1010 g/mol. The van der Waals surface area contributed by atoms with E-state index in [1.807, 2.05) is 40.2 Å². The molecule has 1 amide bonds. The molecule has 0 aliphatic carbocycles. The van der Waals surface area contributed by atoms with Gasteiger partial charge in [-0.15, -0.1) is 0 Å². The van der Waals surface area contributed by atoms with Gasteiger partial charge in [0.25, 0.3) is 7.82 Å². The van der Waals surface area contributed by atoms with Gasteiger partial charge < -0.3 is 28.8 Å². The minimum atomic E-state index is -4.61.